The molecule has 3 aromatic heterocycles. The summed E-state index contributed by atoms with van der Waals surface area (Å²) < 4.78 is 3.80. The molecule has 3 heterocycles. The summed E-state index contributed by atoms with van der Waals surface area (Å²) in [7, 11) is 2.02. The molecule has 1 N–H and O–H groups in total. The number of rotatable bonds is 3. The lowest BCUT2D eigenvalue weighted by atomic mass is 10.1. The molecule has 5 nitrogen and oxygen atoms in total. The zero-order valence-electron chi connectivity index (χ0n) is 14.0. The molecular formula is C19H17ClN4O. The number of fused-ring (bicyclic) bond motifs is 2. The molecule has 1 aromatic carbocycles. The molecule has 0 unspecified atom stereocenters. The quantitative estimate of drug-likeness (QED) is 0.611. The van der Waals surface area contributed by atoms with E-state index in [2.05, 4.69) is 33.1 Å². The molecule has 6 heteroatoms. The van der Waals surface area contributed by atoms with Crippen molar-refractivity contribution < 1.29 is 4.79 Å². The first kappa shape index (κ1) is 15.7. The second kappa shape index (κ2) is 5.93. The van der Waals surface area contributed by atoms with E-state index in [4.69, 9.17) is 11.6 Å². The number of hydrogen-bond donors (Lipinski definition) is 1. The van der Waals surface area contributed by atoms with Gasteiger partial charge in [0.25, 0.3) is 5.91 Å². The molecule has 0 fully saturated rings. The Balaban J connectivity index is 1.59. The Hall–Kier alpha value is -2.79. The molecule has 0 atom stereocenters. The fourth-order valence-corrected chi connectivity index (χ4v) is 3.28. The molecule has 0 saturated carbocycles. The minimum absolute atomic E-state index is 0.166. The van der Waals surface area contributed by atoms with Crippen LogP contribution in [0.4, 0.5) is 0 Å². The Morgan fingerprint density at radius 1 is 1.24 bits per heavy atom. The maximum absolute atomic E-state index is 12.7. The van der Waals surface area contributed by atoms with Crippen LogP contribution in [-0.4, -0.2) is 19.9 Å². The highest BCUT2D eigenvalue weighted by Crippen LogP contribution is 2.18. The largest absolute Gasteiger partial charge is 0.351 e. The number of benzene rings is 1. The van der Waals surface area contributed by atoms with E-state index in [-0.39, 0.29) is 5.91 Å². The van der Waals surface area contributed by atoms with E-state index in [0.717, 1.165) is 10.9 Å². The van der Waals surface area contributed by atoms with Crippen molar-refractivity contribution in [1.29, 1.82) is 0 Å². The standard InChI is InChI=1S/C19H17ClN4O/c1-12-18(24-11-15(20)4-6-17(24)22-12)19(25)21-10-13-3-5-16-14(9-13)7-8-23(16)2/h3-9,11H,10H2,1-2H3,(H,21,25). The Bertz CT molecular complexity index is 1110. The highest BCUT2D eigenvalue weighted by Gasteiger charge is 2.16. The fourth-order valence-electron chi connectivity index (χ4n) is 3.12. The number of nitrogens with zero attached hydrogens (tertiary/aromatic N) is 3. The first-order valence-corrected chi connectivity index (χ1v) is 8.37. The van der Waals surface area contributed by atoms with Gasteiger partial charge >= 0.3 is 0 Å². The number of pyridine rings is 1. The number of carbonyl (C=O) groups excluding carboxylic acids is 1. The third-order valence-electron chi connectivity index (χ3n) is 4.37. The third kappa shape index (κ3) is 2.76. The van der Waals surface area contributed by atoms with Crippen LogP contribution >= 0.6 is 11.6 Å². The summed E-state index contributed by atoms with van der Waals surface area (Å²) in [6.07, 6.45) is 3.74. The van der Waals surface area contributed by atoms with Crippen LogP contribution < -0.4 is 5.32 Å². The summed E-state index contributed by atoms with van der Waals surface area (Å²) in [6.45, 7) is 2.28. The monoisotopic (exact) mass is 352 g/mol. The van der Waals surface area contributed by atoms with Crippen LogP contribution in [-0.2, 0) is 13.6 Å². The van der Waals surface area contributed by atoms with Gasteiger partial charge in [-0.3, -0.25) is 9.20 Å². The molecule has 4 aromatic rings. The lowest BCUT2D eigenvalue weighted by molar-refractivity contribution is 0.0944. The maximum atomic E-state index is 12.7. The maximum Gasteiger partial charge on any atom is 0.270 e. The highest BCUT2D eigenvalue weighted by atomic mass is 35.5. The normalized spacial score (nSPS) is 11.3. The molecule has 0 radical (unpaired) electrons. The number of aromatic nitrogens is 3. The van der Waals surface area contributed by atoms with Crippen LogP contribution in [0.15, 0.2) is 48.8 Å². The van der Waals surface area contributed by atoms with E-state index in [0.29, 0.717) is 28.6 Å². The van der Waals surface area contributed by atoms with E-state index in [1.54, 1.807) is 22.7 Å². The number of hydrogen-bond acceptors (Lipinski definition) is 2. The van der Waals surface area contributed by atoms with Crippen LogP contribution in [0.3, 0.4) is 0 Å². The lowest BCUT2D eigenvalue weighted by Crippen LogP contribution is -2.25. The number of nitrogens with one attached hydrogen (secondary N) is 1. The van der Waals surface area contributed by atoms with Gasteiger partial charge in [0.05, 0.1) is 10.7 Å². The van der Waals surface area contributed by atoms with Crippen molar-refractivity contribution in [2.24, 2.45) is 7.05 Å². The first-order chi connectivity index (χ1) is 12.0. The van der Waals surface area contributed by atoms with Gasteiger partial charge in [0, 0.05) is 31.5 Å². The summed E-state index contributed by atoms with van der Waals surface area (Å²) in [4.78, 5) is 17.1. The van der Waals surface area contributed by atoms with Crippen LogP contribution in [0.25, 0.3) is 16.6 Å². The fraction of sp³-hybridized carbons (Fsp3) is 0.158. The molecule has 0 aliphatic heterocycles. The zero-order chi connectivity index (χ0) is 17.6. The average molecular weight is 353 g/mol. The van der Waals surface area contributed by atoms with Gasteiger partial charge in [-0.05, 0) is 48.2 Å². The van der Waals surface area contributed by atoms with Crippen LogP contribution in [0, 0.1) is 6.92 Å². The number of aryl methyl sites for hydroxylation is 2. The van der Waals surface area contributed by atoms with Gasteiger partial charge in [-0.1, -0.05) is 17.7 Å². The summed E-state index contributed by atoms with van der Waals surface area (Å²) in [5, 5.41) is 4.70. The number of halogens is 1. The van der Waals surface area contributed by atoms with Crippen molar-refractivity contribution in [2.75, 3.05) is 0 Å². The topological polar surface area (TPSA) is 51.3 Å². The predicted octanol–water partition coefficient (Wildman–Crippen LogP) is 3.72. The van der Waals surface area contributed by atoms with E-state index >= 15 is 0 Å². The molecule has 25 heavy (non-hydrogen) atoms. The molecule has 4 rings (SSSR count). The molecule has 0 saturated heterocycles. The summed E-state index contributed by atoms with van der Waals surface area (Å²) in [6, 6.07) is 11.8. The van der Waals surface area contributed by atoms with E-state index in [1.807, 2.05) is 26.2 Å². The molecule has 1 amide bonds. The number of amides is 1. The van der Waals surface area contributed by atoms with Crippen LogP contribution in [0.5, 0.6) is 0 Å². The van der Waals surface area contributed by atoms with Gasteiger partial charge in [0.2, 0.25) is 0 Å². The van der Waals surface area contributed by atoms with Gasteiger partial charge < -0.3 is 9.88 Å². The van der Waals surface area contributed by atoms with Crippen molar-refractivity contribution in [3.63, 3.8) is 0 Å². The smallest absolute Gasteiger partial charge is 0.270 e. The molecule has 126 valence electrons. The summed E-state index contributed by atoms with van der Waals surface area (Å²) in [5.41, 5.74) is 4.12. The second-order valence-corrected chi connectivity index (χ2v) is 6.56. The predicted molar refractivity (Wildman–Crippen MR) is 99.0 cm³/mol. The minimum Gasteiger partial charge on any atom is -0.351 e. The van der Waals surface area contributed by atoms with Crippen molar-refractivity contribution in [2.45, 2.75) is 13.5 Å². The van der Waals surface area contributed by atoms with Gasteiger partial charge in [0.15, 0.2) is 0 Å². The van der Waals surface area contributed by atoms with Crippen LogP contribution in [0.1, 0.15) is 21.7 Å². The van der Waals surface area contributed by atoms with Gasteiger partial charge in [0.1, 0.15) is 11.3 Å². The summed E-state index contributed by atoms with van der Waals surface area (Å²) >= 11 is 6.05. The molecule has 0 aliphatic carbocycles. The van der Waals surface area contributed by atoms with Crippen molar-refractivity contribution >= 4 is 34.1 Å². The number of carbonyl (C=O) groups is 1. The third-order valence-corrected chi connectivity index (χ3v) is 4.60. The Kier molecular flexibility index (Phi) is 3.73. The van der Waals surface area contributed by atoms with E-state index in [9.17, 15) is 4.79 Å². The number of imidazole rings is 1. The van der Waals surface area contributed by atoms with E-state index < -0.39 is 0 Å². The highest BCUT2D eigenvalue weighted by molar-refractivity contribution is 6.30. The van der Waals surface area contributed by atoms with Gasteiger partial charge in [-0.2, -0.15) is 0 Å². The van der Waals surface area contributed by atoms with Gasteiger partial charge in [-0.25, -0.2) is 4.98 Å². The molecular weight excluding hydrogens is 336 g/mol. The van der Waals surface area contributed by atoms with Crippen LogP contribution in [0.2, 0.25) is 5.02 Å². The summed E-state index contributed by atoms with van der Waals surface area (Å²) in [5.74, 6) is -0.166. The molecule has 0 spiro atoms. The minimum atomic E-state index is -0.166. The molecule has 0 bridgehead atoms. The van der Waals surface area contributed by atoms with Crippen molar-refractivity contribution in [1.82, 2.24) is 19.3 Å². The molecule has 0 aliphatic rings. The van der Waals surface area contributed by atoms with Crippen molar-refractivity contribution in [3.8, 4) is 0 Å². The van der Waals surface area contributed by atoms with E-state index in [1.165, 1.54) is 5.52 Å². The second-order valence-electron chi connectivity index (χ2n) is 6.12. The Morgan fingerprint density at radius 3 is 2.92 bits per heavy atom. The SMILES string of the molecule is Cc1nc2ccc(Cl)cn2c1C(=O)NCc1ccc2c(ccn2C)c1. The first-order valence-electron chi connectivity index (χ1n) is 7.99. The lowest BCUT2D eigenvalue weighted by Gasteiger charge is -2.07. The Labute approximate surface area is 149 Å². The average Bonchev–Trinajstić information content (AvgIpc) is 3.12. The zero-order valence-corrected chi connectivity index (χ0v) is 14.7. The van der Waals surface area contributed by atoms with Crippen molar-refractivity contribution in [3.05, 3.63) is 70.8 Å². The Morgan fingerprint density at radius 2 is 2.08 bits per heavy atom. The van der Waals surface area contributed by atoms with Gasteiger partial charge in [-0.15, -0.1) is 0 Å².